The number of nitrogens with zero attached hydrogens (tertiary/aromatic N) is 4. The summed E-state index contributed by atoms with van der Waals surface area (Å²) >= 11 is 0. The molecule has 0 unspecified atom stereocenters. The average Bonchev–Trinajstić information content (AvgIpc) is 2.62. The first kappa shape index (κ1) is 17.0. The quantitative estimate of drug-likeness (QED) is 0.865. The van der Waals surface area contributed by atoms with Gasteiger partial charge in [-0.2, -0.15) is 5.26 Å². The molecule has 2 aromatic rings. The lowest BCUT2D eigenvalue weighted by Crippen LogP contribution is -2.49. The fraction of sp³-hybridized carbons (Fsp3) is 0.350. The van der Waals surface area contributed by atoms with E-state index in [9.17, 15) is 10.1 Å². The number of rotatable bonds is 3. The zero-order chi connectivity index (χ0) is 17.8. The van der Waals surface area contributed by atoms with Crippen molar-refractivity contribution in [2.75, 3.05) is 31.1 Å². The van der Waals surface area contributed by atoms with E-state index in [2.05, 4.69) is 16.0 Å². The Kier molecular flexibility index (Phi) is 4.99. The minimum absolute atomic E-state index is 0.161. The van der Waals surface area contributed by atoms with Crippen LogP contribution in [0.3, 0.4) is 0 Å². The fourth-order valence-corrected chi connectivity index (χ4v) is 3.27. The molecule has 1 aromatic carbocycles. The second-order valence-corrected chi connectivity index (χ2v) is 6.39. The summed E-state index contributed by atoms with van der Waals surface area (Å²) in [6, 6.07) is 14.1. The van der Waals surface area contributed by atoms with E-state index in [4.69, 9.17) is 0 Å². The van der Waals surface area contributed by atoms with E-state index in [0.717, 1.165) is 35.7 Å². The van der Waals surface area contributed by atoms with Gasteiger partial charge in [-0.25, -0.2) is 0 Å². The molecule has 1 aliphatic heterocycles. The molecule has 0 spiro atoms. The number of carbonyl (C=O) groups is 1. The molecule has 1 saturated heterocycles. The van der Waals surface area contributed by atoms with Crippen LogP contribution < -0.4 is 4.90 Å². The van der Waals surface area contributed by atoms with Gasteiger partial charge in [-0.05, 0) is 25.5 Å². The third kappa shape index (κ3) is 3.80. The van der Waals surface area contributed by atoms with Crippen LogP contribution in [0, 0.1) is 25.2 Å². The molecule has 0 bridgehead atoms. The molecule has 25 heavy (non-hydrogen) atoms. The number of benzene rings is 1. The number of aromatic nitrogens is 1. The Labute approximate surface area is 148 Å². The van der Waals surface area contributed by atoms with E-state index < -0.39 is 0 Å². The molecule has 1 fully saturated rings. The van der Waals surface area contributed by atoms with Crippen molar-refractivity contribution in [1.82, 2.24) is 9.88 Å². The molecule has 2 heterocycles. The van der Waals surface area contributed by atoms with Crippen LogP contribution >= 0.6 is 0 Å². The van der Waals surface area contributed by atoms with E-state index in [1.54, 1.807) is 0 Å². The molecule has 1 aromatic heterocycles. The summed E-state index contributed by atoms with van der Waals surface area (Å²) in [5, 5.41) is 9.44. The zero-order valence-electron chi connectivity index (χ0n) is 14.7. The van der Waals surface area contributed by atoms with E-state index in [0.29, 0.717) is 25.1 Å². The number of anilines is 1. The number of hydrogen-bond acceptors (Lipinski definition) is 4. The van der Waals surface area contributed by atoms with Crippen LogP contribution in [0.25, 0.3) is 0 Å². The van der Waals surface area contributed by atoms with E-state index in [1.807, 2.05) is 55.1 Å². The van der Waals surface area contributed by atoms with Crippen molar-refractivity contribution in [3.63, 3.8) is 0 Å². The highest BCUT2D eigenvalue weighted by atomic mass is 16.2. The van der Waals surface area contributed by atoms with Crippen molar-refractivity contribution in [2.24, 2.45) is 0 Å². The predicted molar refractivity (Wildman–Crippen MR) is 97.4 cm³/mol. The monoisotopic (exact) mass is 334 g/mol. The Bertz CT molecular complexity index is 802. The maximum absolute atomic E-state index is 12.5. The summed E-state index contributed by atoms with van der Waals surface area (Å²) in [6.07, 6.45) is 0.442. The van der Waals surface area contributed by atoms with Crippen molar-refractivity contribution in [2.45, 2.75) is 20.3 Å². The number of hydrogen-bond donors (Lipinski definition) is 0. The lowest BCUT2D eigenvalue weighted by molar-refractivity contribution is -0.130. The van der Waals surface area contributed by atoms with Crippen molar-refractivity contribution in [3.05, 3.63) is 58.9 Å². The number of amides is 1. The van der Waals surface area contributed by atoms with Gasteiger partial charge >= 0.3 is 0 Å². The zero-order valence-corrected chi connectivity index (χ0v) is 14.7. The van der Waals surface area contributed by atoms with Gasteiger partial charge in [0.25, 0.3) is 0 Å². The molecule has 0 atom stereocenters. The summed E-state index contributed by atoms with van der Waals surface area (Å²) in [7, 11) is 0. The van der Waals surface area contributed by atoms with Crippen molar-refractivity contribution < 1.29 is 4.79 Å². The van der Waals surface area contributed by atoms with Gasteiger partial charge in [0, 0.05) is 31.9 Å². The summed E-state index contributed by atoms with van der Waals surface area (Å²) in [5.74, 6) is 0.161. The molecule has 0 saturated carbocycles. The van der Waals surface area contributed by atoms with E-state index in [1.165, 1.54) is 0 Å². The first-order valence-electron chi connectivity index (χ1n) is 8.53. The normalized spacial score (nSPS) is 14.3. The highest BCUT2D eigenvalue weighted by molar-refractivity contribution is 5.79. The average molecular weight is 334 g/mol. The molecule has 0 radical (unpaired) electrons. The highest BCUT2D eigenvalue weighted by Gasteiger charge is 2.23. The van der Waals surface area contributed by atoms with Crippen LogP contribution in [0.15, 0.2) is 36.4 Å². The molecular formula is C20H22N4O. The van der Waals surface area contributed by atoms with Crippen LogP contribution in [0.4, 0.5) is 5.69 Å². The first-order chi connectivity index (χ1) is 12.1. The summed E-state index contributed by atoms with van der Waals surface area (Å²) in [6.45, 7) is 6.64. The lowest BCUT2D eigenvalue weighted by Gasteiger charge is -2.36. The SMILES string of the molecule is Cc1cc(N2CCN(C(=O)Cc3ccccc3)CC2)c(C#N)c(C)n1. The van der Waals surface area contributed by atoms with Crippen LogP contribution in [0.1, 0.15) is 22.5 Å². The van der Waals surface area contributed by atoms with Gasteiger partial charge in [-0.1, -0.05) is 30.3 Å². The Morgan fingerprint density at radius 3 is 2.48 bits per heavy atom. The smallest absolute Gasteiger partial charge is 0.227 e. The van der Waals surface area contributed by atoms with Gasteiger partial charge in [0.2, 0.25) is 5.91 Å². The van der Waals surface area contributed by atoms with Crippen LogP contribution in [-0.4, -0.2) is 42.0 Å². The van der Waals surface area contributed by atoms with Crippen LogP contribution in [0.2, 0.25) is 0 Å². The Morgan fingerprint density at radius 2 is 1.84 bits per heavy atom. The maximum Gasteiger partial charge on any atom is 0.227 e. The molecule has 3 rings (SSSR count). The Hall–Kier alpha value is -2.87. The predicted octanol–water partition coefficient (Wildman–Crippen LogP) is 2.46. The molecule has 0 N–H and O–H groups in total. The minimum Gasteiger partial charge on any atom is -0.367 e. The summed E-state index contributed by atoms with van der Waals surface area (Å²) in [4.78, 5) is 21.0. The van der Waals surface area contributed by atoms with E-state index in [-0.39, 0.29) is 5.91 Å². The number of carbonyl (C=O) groups excluding carboxylic acids is 1. The largest absolute Gasteiger partial charge is 0.367 e. The number of pyridine rings is 1. The number of aryl methyl sites for hydroxylation is 2. The third-order valence-electron chi connectivity index (χ3n) is 4.59. The summed E-state index contributed by atoms with van der Waals surface area (Å²) < 4.78 is 0. The van der Waals surface area contributed by atoms with Gasteiger partial charge in [-0.15, -0.1) is 0 Å². The Balaban J connectivity index is 1.66. The second-order valence-electron chi connectivity index (χ2n) is 6.39. The fourth-order valence-electron chi connectivity index (χ4n) is 3.27. The van der Waals surface area contributed by atoms with Crippen LogP contribution in [-0.2, 0) is 11.2 Å². The van der Waals surface area contributed by atoms with Crippen molar-refractivity contribution in [3.8, 4) is 6.07 Å². The molecule has 5 nitrogen and oxygen atoms in total. The summed E-state index contributed by atoms with van der Waals surface area (Å²) in [5.41, 5.74) is 4.29. The highest BCUT2D eigenvalue weighted by Crippen LogP contribution is 2.24. The molecule has 1 amide bonds. The molecule has 5 heteroatoms. The van der Waals surface area contributed by atoms with Gasteiger partial charge in [0.1, 0.15) is 6.07 Å². The third-order valence-corrected chi connectivity index (χ3v) is 4.59. The molecular weight excluding hydrogens is 312 g/mol. The van der Waals surface area contributed by atoms with Gasteiger partial charge in [-0.3, -0.25) is 9.78 Å². The Morgan fingerprint density at radius 1 is 1.16 bits per heavy atom. The van der Waals surface area contributed by atoms with Crippen molar-refractivity contribution in [1.29, 1.82) is 5.26 Å². The van der Waals surface area contributed by atoms with Gasteiger partial charge in [0.05, 0.1) is 23.4 Å². The standard InChI is InChI=1S/C20H22N4O/c1-15-12-19(18(14-21)16(2)22-15)23-8-10-24(11-9-23)20(25)13-17-6-4-3-5-7-17/h3-7,12H,8-11,13H2,1-2H3. The minimum atomic E-state index is 0.161. The number of piperazine rings is 1. The van der Waals surface area contributed by atoms with Crippen molar-refractivity contribution >= 4 is 11.6 Å². The van der Waals surface area contributed by atoms with Gasteiger partial charge in [0.15, 0.2) is 0 Å². The van der Waals surface area contributed by atoms with Gasteiger partial charge < -0.3 is 9.80 Å². The maximum atomic E-state index is 12.5. The molecule has 0 aliphatic carbocycles. The second kappa shape index (κ2) is 7.35. The molecule has 1 aliphatic rings. The van der Waals surface area contributed by atoms with Crippen LogP contribution in [0.5, 0.6) is 0 Å². The lowest BCUT2D eigenvalue weighted by atomic mass is 10.1. The number of nitriles is 1. The topological polar surface area (TPSA) is 60.2 Å². The molecule has 128 valence electrons. The first-order valence-corrected chi connectivity index (χ1v) is 8.53. The van der Waals surface area contributed by atoms with E-state index >= 15 is 0 Å².